The van der Waals surface area contributed by atoms with E-state index >= 15 is 4.39 Å². The molecule has 1 unspecified atom stereocenters. The van der Waals surface area contributed by atoms with Gasteiger partial charge in [-0.15, -0.1) is 0 Å². The Kier molecular flexibility index (Phi) is 5.25. The van der Waals surface area contributed by atoms with Crippen molar-refractivity contribution < 1.29 is 28.2 Å². The van der Waals surface area contributed by atoms with Gasteiger partial charge in [-0.25, -0.2) is 4.39 Å². The fourth-order valence-corrected chi connectivity index (χ4v) is 5.17. The van der Waals surface area contributed by atoms with Gasteiger partial charge in [0.05, 0.1) is 31.2 Å². The summed E-state index contributed by atoms with van der Waals surface area (Å²) in [6.45, 7) is 0.333. The molecule has 35 heavy (non-hydrogen) atoms. The number of halogens is 1. The number of nitrogens with zero attached hydrogens (tertiary/aromatic N) is 1. The van der Waals surface area contributed by atoms with Crippen LogP contribution in [0.4, 0.5) is 4.39 Å². The molecule has 0 radical (unpaired) electrons. The Bertz CT molecular complexity index is 1420. The quantitative estimate of drug-likeness (QED) is 0.362. The highest BCUT2D eigenvalue weighted by atomic mass is 19.1. The van der Waals surface area contributed by atoms with Crippen LogP contribution >= 0.6 is 0 Å². The molecule has 0 spiro atoms. The summed E-state index contributed by atoms with van der Waals surface area (Å²) in [5.41, 5.74) is 5.85. The summed E-state index contributed by atoms with van der Waals surface area (Å²) in [5, 5.41) is 9.11. The number of pyridine rings is 1. The number of rotatable bonds is 6. The largest absolute Gasteiger partial charge is 0.492 e. The normalized spacial score (nSPS) is 18.1. The SMILES string of the molecule is O=C(O)CC1COc2cc(O[C@@H]3CCc4c(-c5cccnc5-c5ccoc5)ccc(F)c43)ccc21. The van der Waals surface area contributed by atoms with E-state index in [2.05, 4.69) is 4.98 Å². The maximum atomic E-state index is 15.1. The molecule has 0 fully saturated rings. The lowest BCUT2D eigenvalue weighted by molar-refractivity contribution is -0.137. The monoisotopic (exact) mass is 471 g/mol. The van der Waals surface area contributed by atoms with Gasteiger partial charge in [-0.05, 0) is 48.2 Å². The second-order valence-corrected chi connectivity index (χ2v) is 8.85. The number of carboxylic acids is 1. The molecule has 4 aromatic rings. The van der Waals surface area contributed by atoms with E-state index in [9.17, 15) is 4.79 Å². The molecule has 6 nitrogen and oxygen atoms in total. The molecule has 0 amide bonds. The number of carboxylic acid groups (broad SMARTS) is 1. The third kappa shape index (κ3) is 3.83. The Morgan fingerprint density at radius 3 is 2.91 bits per heavy atom. The zero-order chi connectivity index (χ0) is 23.9. The first kappa shape index (κ1) is 21.4. The third-order valence-corrected chi connectivity index (χ3v) is 6.74. The van der Waals surface area contributed by atoms with E-state index in [-0.39, 0.29) is 18.2 Å². The van der Waals surface area contributed by atoms with Crippen LogP contribution in [-0.4, -0.2) is 22.7 Å². The van der Waals surface area contributed by atoms with Gasteiger partial charge < -0.3 is 19.0 Å². The van der Waals surface area contributed by atoms with Crippen molar-refractivity contribution in [3.63, 3.8) is 0 Å². The molecule has 3 heterocycles. The van der Waals surface area contributed by atoms with Crippen molar-refractivity contribution in [2.24, 2.45) is 0 Å². The number of fused-ring (bicyclic) bond motifs is 2. The van der Waals surface area contributed by atoms with Gasteiger partial charge in [0.25, 0.3) is 0 Å². The molecule has 2 aromatic carbocycles. The first-order valence-electron chi connectivity index (χ1n) is 11.5. The number of aromatic nitrogens is 1. The highest BCUT2D eigenvalue weighted by molar-refractivity contribution is 5.83. The molecule has 0 saturated carbocycles. The van der Waals surface area contributed by atoms with Gasteiger partial charge in [0.2, 0.25) is 0 Å². The average molecular weight is 471 g/mol. The highest BCUT2D eigenvalue weighted by Crippen LogP contribution is 2.45. The first-order valence-corrected chi connectivity index (χ1v) is 11.5. The van der Waals surface area contributed by atoms with Crippen molar-refractivity contribution >= 4 is 5.97 Å². The summed E-state index contributed by atoms with van der Waals surface area (Å²) in [4.78, 5) is 15.7. The van der Waals surface area contributed by atoms with E-state index in [4.69, 9.17) is 19.0 Å². The fourth-order valence-electron chi connectivity index (χ4n) is 5.17. The Morgan fingerprint density at radius 2 is 2.09 bits per heavy atom. The minimum Gasteiger partial charge on any atom is -0.492 e. The van der Waals surface area contributed by atoms with Gasteiger partial charge in [0, 0.05) is 40.4 Å². The molecule has 0 bridgehead atoms. The second kappa shape index (κ2) is 8.58. The fraction of sp³-hybridized carbons (Fsp3) is 0.214. The Morgan fingerprint density at radius 1 is 1.17 bits per heavy atom. The number of carbonyl (C=O) groups is 1. The van der Waals surface area contributed by atoms with Crippen LogP contribution in [0.15, 0.2) is 71.7 Å². The van der Waals surface area contributed by atoms with Gasteiger partial charge in [-0.2, -0.15) is 0 Å². The molecule has 2 aromatic heterocycles. The number of hydrogen-bond donors (Lipinski definition) is 1. The van der Waals surface area contributed by atoms with E-state index in [1.807, 2.05) is 30.3 Å². The molecule has 0 saturated heterocycles. The highest BCUT2D eigenvalue weighted by Gasteiger charge is 2.32. The van der Waals surface area contributed by atoms with Gasteiger partial charge in [-0.3, -0.25) is 9.78 Å². The van der Waals surface area contributed by atoms with Crippen LogP contribution in [0.1, 0.15) is 41.6 Å². The molecule has 2 atom stereocenters. The van der Waals surface area contributed by atoms with Crippen LogP contribution in [0, 0.1) is 5.82 Å². The molecule has 7 heteroatoms. The van der Waals surface area contributed by atoms with Gasteiger partial charge in [0.15, 0.2) is 0 Å². The Hall–Kier alpha value is -4.13. The van der Waals surface area contributed by atoms with Crippen LogP contribution in [-0.2, 0) is 11.2 Å². The van der Waals surface area contributed by atoms with Crippen LogP contribution in [0.25, 0.3) is 22.4 Å². The predicted octanol–water partition coefficient (Wildman–Crippen LogP) is 6.16. The lowest BCUT2D eigenvalue weighted by Crippen LogP contribution is -2.07. The van der Waals surface area contributed by atoms with Crippen molar-refractivity contribution in [3.8, 4) is 33.9 Å². The smallest absolute Gasteiger partial charge is 0.304 e. The standard InChI is InChI=1S/C28H22FNO5/c29-23-7-5-20(22-2-1-10-30-28(22)16-9-11-33-14-16)21-6-8-24(27(21)23)35-18-3-4-19-17(12-26(31)32)15-34-25(19)13-18/h1-5,7,9-11,13-14,17,24H,6,8,12,15H2,(H,31,32)/t17?,24-/m1/s1. The lowest BCUT2D eigenvalue weighted by atomic mass is 9.94. The van der Waals surface area contributed by atoms with E-state index in [0.29, 0.717) is 36.5 Å². The van der Waals surface area contributed by atoms with Gasteiger partial charge in [0.1, 0.15) is 23.4 Å². The summed E-state index contributed by atoms with van der Waals surface area (Å²) in [7, 11) is 0. The van der Waals surface area contributed by atoms with E-state index < -0.39 is 12.1 Å². The predicted molar refractivity (Wildman–Crippen MR) is 126 cm³/mol. The number of aliphatic carboxylic acids is 1. The number of furan rings is 1. The molecule has 6 rings (SSSR count). The molecular formula is C28H22FNO5. The Labute approximate surface area is 201 Å². The minimum atomic E-state index is -0.856. The van der Waals surface area contributed by atoms with Crippen LogP contribution in [0.3, 0.4) is 0 Å². The van der Waals surface area contributed by atoms with Crippen molar-refractivity contribution in [3.05, 3.63) is 89.8 Å². The van der Waals surface area contributed by atoms with Crippen molar-refractivity contribution in [2.75, 3.05) is 6.61 Å². The average Bonchev–Trinajstić information content (AvgIpc) is 3.61. The zero-order valence-electron chi connectivity index (χ0n) is 18.7. The van der Waals surface area contributed by atoms with Crippen molar-refractivity contribution in [1.82, 2.24) is 4.98 Å². The van der Waals surface area contributed by atoms with Crippen LogP contribution in [0.2, 0.25) is 0 Å². The Balaban J connectivity index is 1.32. The molecule has 1 N–H and O–H groups in total. The molecule has 176 valence electrons. The first-order chi connectivity index (χ1) is 17.1. The van der Waals surface area contributed by atoms with Gasteiger partial charge >= 0.3 is 5.97 Å². The summed E-state index contributed by atoms with van der Waals surface area (Å²) >= 11 is 0. The molecular weight excluding hydrogens is 449 g/mol. The third-order valence-electron chi connectivity index (χ3n) is 6.74. The van der Waals surface area contributed by atoms with E-state index in [0.717, 1.165) is 33.5 Å². The number of benzene rings is 2. The van der Waals surface area contributed by atoms with Crippen molar-refractivity contribution in [2.45, 2.75) is 31.3 Å². The summed E-state index contributed by atoms with van der Waals surface area (Å²) in [5.74, 6) is -0.124. The summed E-state index contributed by atoms with van der Waals surface area (Å²) in [6.07, 6.45) is 5.90. The maximum absolute atomic E-state index is 15.1. The second-order valence-electron chi connectivity index (χ2n) is 8.85. The van der Waals surface area contributed by atoms with Gasteiger partial charge in [-0.1, -0.05) is 18.2 Å². The topological polar surface area (TPSA) is 81.8 Å². The summed E-state index contributed by atoms with van der Waals surface area (Å²) < 4.78 is 32.3. The van der Waals surface area contributed by atoms with E-state index in [1.165, 1.54) is 6.07 Å². The number of hydrogen-bond acceptors (Lipinski definition) is 5. The van der Waals surface area contributed by atoms with Crippen LogP contribution in [0.5, 0.6) is 11.5 Å². The van der Waals surface area contributed by atoms with Crippen molar-refractivity contribution in [1.29, 1.82) is 0 Å². The van der Waals surface area contributed by atoms with E-state index in [1.54, 1.807) is 30.9 Å². The molecule has 2 aliphatic rings. The molecule has 1 aliphatic carbocycles. The minimum absolute atomic E-state index is 0.0202. The number of ether oxygens (including phenoxy) is 2. The molecule has 1 aliphatic heterocycles. The zero-order valence-corrected chi connectivity index (χ0v) is 18.7. The lowest BCUT2D eigenvalue weighted by Gasteiger charge is -2.18. The van der Waals surface area contributed by atoms with Crippen LogP contribution < -0.4 is 9.47 Å². The maximum Gasteiger partial charge on any atom is 0.304 e. The summed E-state index contributed by atoms with van der Waals surface area (Å²) in [6, 6.07) is 14.4.